The van der Waals surface area contributed by atoms with Crippen LogP contribution in [0.15, 0.2) is 24.3 Å². The molecular formula is C21H33N3O. The number of hydrogen-bond donors (Lipinski definition) is 2. The highest BCUT2D eigenvalue weighted by Crippen LogP contribution is 2.26. The first-order valence-corrected chi connectivity index (χ1v) is 10.3. The number of rotatable bonds is 4. The van der Waals surface area contributed by atoms with Gasteiger partial charge < -0.3 is 15.4 Å². The van der Waals surface area contributed by atoms with Gasteiger partial charge in [-0.2, -0.15) is 0 Å². The lowest BCUT2D eigenvalue weighted by molar-refractivity contribution is 0.116. The molecule has 2 saturated heterocycles. The molecule has 0 aromatic heterocycles. The van der Waals surface area contributed by atoms with Crippen LogP contribution in [0.3, 0.4) is 0 Å². The van der Waals surface area contributed by atoms with Gasteiger partial charge in [0.1, 0.15) is 5.75 Å². The number of benzene rings is 1. The largest absolute Gasteiger partial charge is 0.490 e. The summed E-state index contributed by atoms with van der Waals surface area (Å²) in [6.07, 6.45) is 9.41. The third kappa shape index (κ3) is 4.55. The Morgan fingerprint density at radius 2 is 1.76 bits per heavy atom. The van der Waals surface area contributed by atoms with E-state index >= 15 is 0 Å². The van der Waals surface area contributed by atoms with Gasteiger partial charge in [0.05, 0.1) is 6.10 Å². The molecule has 0 amide bonds. The second-order valence-corrected chi connectivity index (χ2v) is 8.18. The Kier molecular flexibility index (Phi) is 5.59. The molecule has 4 nitrogen and oxygen atoms in total. The first-order chi connectivity index (χ1) is 12.3. The van der Waals surface area contributed by atoms with E-state index in [1.165, 1.54) is 63.6 Å². The molecule has 0 unspecified atom stereocenters. The third-order valence-electron chi connectivity index (χ3n) is 6.26. The Balaban J connectivity index is 1.25. The van der Waals surface area contributed by atoms with Crippen molar-refractivity contribution in [3.8, 4) is 5.75 Å². The van der Waals surface area contributed by atoms with Crippen molar-refractivity contribution in [1.29, 1.82) is 0 Å². The lowest BCUT2D eigenvalue weighted by Crippen LogP contribution is -2.63. The molecule has 2 N–H and O–H groups in total. The summed E-state index contributed by atoms with van der Waals surface area (Å²) in [5, 5.41) is 7.31. The van der Waals surface area contributed by atoms with Crippen molar-refractivity contribution in [3.63, 3.8) is 0 Å². The molecular weight excluding hydrogens is 310 g/mol. The van der Waals surface area contributed by atoms with E-state index in [-0.39, 0.29) is 0 Å². The van der Waals surface area contributed by atoms with Crippen molar-refractivity contribution in [2.45, 2.75) is 63.1 Å². The van der Waals surface area contributed by atoms with Crippen molar-refractivity contribution in [2.24, 2.45) is 0 Å². The molecule has 2 heterocycles. The molecule has 4 rings (SSSR count). The Morgan fingerprint density at radius 3 is 2.44 bits per heavy atom. The Hall–Kier alpha value is -1.10. The summed E-state index contributed by atoms with van der Waals surface area (Å²) in [5.41, 5.74) is 1.76. The predicted molar refractivity (Wildman–Crippen MR) is 102 cm³/mol. The van der Waals surface area contributed by atoms with Crippen LogP contribution < -0.4 is 15.4 Å². The molecule has 2 aliphatic heterocycles. The monoisotopic (exact) mass is 343 g/mol. The number of likely N-dealkylation sites (tertiary alicyclic amines) is 1. The van der Waals surface area contributed by atoms with E-state index in [2.05, 4.69) is 39.8 Å². The standard InChI is InChI=1S/C21H33N3O/c1-2-4-19(5-3-1)25-20-8-6-18(7-9-20)16-24-14-10-21(11-15-24)17-22-12-13-23-21/h6-9,19,22-23H,1-5,10-17H2. The van der Waals surface area contributed by atoms with Crippen molar-refractivity contribution < 1.29 is 4.74 Å². The smallest absolute Gasteiger partial charge is 0.119 e. The van der Waals surface area contributed by atoms with Gasteiger partial charge in [-0.15, -0.1) is 0 Å². The van der Waals surface area contributed by atoms with Crippen LogP contribution in [-0.2, 0) is 6.54 Å². The van der Waals surface area contributed by atoms with Gasteiger partial charge in [-0.3, -0.25) is 4.90 Å². The van der Waals surface area contributed by atoms with Crippen LogP contribution in [-0.4, -0.2) is 49.3 Å². The van der Waals surface area contributed by atoms with Crippen molar-refractivity contribution in [2.75, 3.05) is 32.7 Å². The maximum absolute atomic E-state index is 6.15. The van der Waals surface area contributed by atoms with Crippen LogP contribution in [0.4, 0.5) is 0 Å². The van der Waals surface area contributed by atoms with E-state index in [9.17, 15) is 0 Å². The third-order valence-corrected chi connectivity index (χ3v) is 6.26. The lowest BCUT2D eigenvalue weighted by Gasteiger charge is -2.45. The molecule has 0 radical (unpaired) electrons. The van der Waals surface area contributed by atoms with E-state index in [4.69, 9.17) is 4.74 Å². The minimum Gasteiger partial charge on any atom is -0.490 e. The number of nitrogens with zero attached hydrogens (tertiary/aromatic N) is 1. The van der Waals surface area contributed by atoms with Crippen molar-refractivity contribution in [3.05, 3.63) is 29.8 Å². The number of nitrogens with one attached hydrogen (secondary N) is 2. The van der Waals surface area contributed by atoms with Gasteiger partial charge in [-0.1, -0.05) is 18.6 Å². The molecule has 1 saturated carbocycles. The topological polar surface area (TPSA) is 36.5 Å². The Bertz CT molecular complexity index is 523. The highest BCUT2D eigenvalue weighted by atomic mass is 16.5. The summed E-state index contributed by atoms with van der Waals surface area (Å²) in [6.45, 7) is 6.80. The maximum Gasteiger partial charge on any atom is 0.119 e. The van der Waals surface area contributed by atoms with E-state index in [1.54, 1.807) is 0 Å². The van der Waals surface area contributed by atoms with Gasteiger partial charge in [0.15, 0.2) is 0 Å². The molecule has 25 heavy (non-hydrogen) atoms. The van der Waals surface area contributed by atoms with Crippen LogP contribution in [0.25, 0.3) is 0 Å². The van der Waals surface area contributed by atoms with Gasteiger partial charge in [0.25, 0.3) is 0 Å². The van der Waals surface area contributed by atoms with Crippen LogP contribution in [0, 0.1) is 0 Å². The molecule has 3 aliphatic rings. The highest BCUT2D eigenvalue weighted by molar-refractivity contribution is 5.27. The molecule has 1 aromatic carbocycles. The number of piperidine rings is 1. The fourth-order valence-corrected chi connectivity index (χ4v) is 4.61. The second-order valence-electron chi connectivity index (χ2n) is 8.18. The minimum absolute atomic E-state index is 0.354. The fraction of sp³-hybridized carbons (Fsp3) is 0.714. The molecule has 0 atom stereocenters. The molecule has 4 heteroatoms. The molecule has 138 valence electrons. The molecule has 1 spiro atoms. The van der Waals surface area contributed by atoms with E-state index in [0.717, 1.165) is 31.9 Å². The number of hydrogen-bond acceptors (Lipinski definition) is 4. The summed E-state index contributed by atoms with van der Waals surface area (Å²) in [6, 6.07) is 8.84. The minimum atomic E-state index is 0.354. The average molecular weight is 344 g/mol. The summed E-state index contributed by atoms with van der Waals surface area (Å²) in [4.78, 5) is 2.60. The van der Waals surface area contributed by atoms with Gasteiger partial charge in [-0.25, -0.2) is 0 Å². The summed E-state index contributed by atoms with van der Waals surface area (Å²) < 4.78 is 6.15. The van der Waals surface area contributed by atoms with E-state index in [0.29, 0.717) is 11.6 Å². The Labute approximate surface area is 152 Å². The van der Waals surface area contributed by atoms with Crippen LogP contribution >= 0.6 is 0 Å². The number of ether oxygens (including phenoxy) is 1. The van der Waals surface area contributed by atoms with Gasteiger partial charge in [0.2, 0.25) is 0 Å². The summed E-state index contributed by atoms with van der Waals surface area (Å²) in [7, 11) is 0. The first kappa shape index (κ1) is 17.3. The number of piperazine rings is 1. The average Bonchev–Trinajstić information content (AvgIpc) is 2.67. The molecule has 1 aromatic rings. The highest BCUT2D eigenvalue weighted by Gasteiger charge is 2.35. The zero-order valence-electron chi connectivity index (χ0n) is 15.4. The van der Waals surface area contributed by atoms with Crippen molar-refractivity contribution >= 4 is 0 Å². The van der Waals surface area contributed by atoms with Gasteiger partial charge in [-0.05, 0) is 56.2 Å². The fourth-order valence-electron chi connectivity index (χ4n) is 4.61. The molecule has 3 fully saturated rings. The van der Waals surface area contributed by atoms with Crippen LogP contribution in [0.5, 0.6) is 5.75 Å². The van der Waals surface area contributed by atoms with Gasteiger partial charge in [0, 0.05) is 44.8 Å². The zero-order chi connectivity index (χ0) is 17.0. The quantitative estimate of drug-likeness (QED) is 0.881. The molecule has 1 aliphatic carbocycles. The maximum atomic E-state index is 6.15. The summed E-state index contributed by atoms with van der Waals surface area (Å²) in [5.74, 6) is 1.05. The predicted octanol–water partition coefficient (Wildman–Crippen LogP) is 2.93. The zero-order valence-corrected chi connectivity index (χ0v) is 15.4. The van der Waals surface area contributed by atoms with E-state index in [1.807, 2.05) is 0 Å². The Morgan fingerprint density at radius 1 is 1.00 bits per heavy atom. The van der Waals surface area contributed by atoms with Crippen LogP contribution in [0.1, 0.15) is 50.5 Å². The molecule has 0 bridgehead atoms. The van der Waals surface area contributed by atoms with Gasteiger partial charge >= 0.3 is 0 Å². The van der Waals surface area contributed by atoms with E-state index < -0.39 is 0 Å². The van der Waals surface area contributed by atoms with Crippen LogP contribution in [0.2, 0.25) is 0 Å². The van der Waals surface area contributed by atoms with Crippen molar-refractivity contribution in [1.82, 2.24) is 15.5 Å². The second kappa shape index (κ2) is 8.07. The normalized spacial score (nSPS) is 25.1. The lowest BCUT2D eigenvalue weighted by atomic mass is 9.86. The SMILES string of the molecule is c1cc(OC2CCCCC2)ccc1CN1CCC2(CC1)CNCCN2. The first-order valence-electron chi connectivity index (χ1n) is 10.3. The summed E-state index contributed by atoms with van der Waals surface area (Å²) >= 11 is 0.